The molecule has 3 rings (SSSR count). The van der Waals surface area contributed by atoms with Crippen LogP contribution in [0.25, 0.3) is 0 Å². The summed E-state index contributed by atoms with van der Waals surface area (Å²) in [5, 5.41) is 0. The molecule has 0 unspecified atom stereocenters. The summed E-state index contributed by atoms with van der Waals surface area (Å²) in [7, 11) is 0. The Morgan fingerprint density at radius 2 is 1.96 bits per heavy atom. The molecule has 0 spiro atoms. The van der Waals surface area contributed by atoms with Crippen LogP contribution < -0.4 is 5.56 Å². The first-order valence-electron chi connectivity index (χ1n) is 8.94. The Balaban J connectivity index is 1.56. The van der Waals surface area contributed by atoms with Gasteiger partial charge in [0.15, 0.2) is 0 Å². The highest BCUT2D eigenvalue weighted by Crippen LogP contribution is 2.15. The second-order valence-corrected chi connectivity index (χ2v) is 7.14. The third kappa shape index (κ3) is 4.35. The molecule has 5 nitrogen and oxygen atoms in total. The number of benzene rings is 1. The van der Waals surface area contributed by atoms with Gasteiger partial charge in [0.1, 0.15) is 0 Å². The first-order valence-corrected chi connectivity index (χ1v) is 8.94. The summed E-state index contributed by atoms with van der Waals surface area (Å²) in [6.45, 7) is 5.42. The maximum Gasteiger partial charge on any atom is 0.255 e. The van der Waals surface area contributed by atoms with Gasteiger partial charge < -0.3 is 9.88 Å². The minimum atomic E-state index is -0.136. The van der Waals surface area contributed by atoms with Crippen LogP contribution in [-0.4, -0.2) is 27.3 Å². The second-order valence-electron chi connectivity index (χ2n) is 7.14. The van der Waals surface area contributed by atoms with Gasteiger partial charge in [0.05, 0.1) is 24.1 Å². The Kier molecular flexibility index (Phi) is 5.31. The average molecular weight is 339 g/mol. The lowest BCUT2D eigenvalue weighted by Gasteiger charge is -2.27. The van der Waals surface area contributed by atoms with Crippen molar-refractivity contribution in [2.24, 2.45) is 5.92 Å². The van der Waals surface area contributed by atoms with Gasteiger partial charge in [-0.1, -0.05) is 38.1 Å². The molecule has 5 heteroatoms. The highest BCUT2D eigenvalue weighted by atomic mass is 16.2. The molecule has 0 atom stereocenters. The molecule has 0 radical (unpaired) electrons. The Labute approximate surface area is 148 Å². The summed E-state index contributed by atoms with van der Waals surface area (Å²) in [5.41, 5.74) is 3.82. The monoisotopic (exact) mass is 339 g/mol. The molecule has 0 fully saturated rings. The van der Waals surface area contributed by atoms with E-state index in [-0.39, 0.29) is 11.5 Å². The van der Waals surface area contributed by atoms with Crippen molar-refractivity contribution in [1.29, 1.82) is 0 Å². The molecule has 2 heterocycles. The Morgan fingerprint density at radius 3 is 2.68 bits per heavy atom. The van der Waals surface area contributed by atoms with Crippen LogP contribution in [-0.2, 0) is 30.6 Å². The number of carbonyl (C=O) groups excluding carboxylic acids is 1. The average Bonchev–Trinajstić information content (AvgIpc) is 2.60. The molecule has 1 aliphatic heterocycles. The highest BCUT2D eigenvalue weighted by Gasteiger charge is 2.23. The maximum atomic E-state index is 12.5. The minimum Gasteiger partial charge on any atom is -0.338 e. The number of hydrogen-bond donors (Lipinski definition) is 1. The smallest absolute Gasteiger partial charge is 0.255 e. The standard InChI is InChI=1S/C20H25N3O2/c1-14(2)11-16-5-3-15(4-6-16)7-8-19(24)23-10-9-18-17(12-23)20(25)22-13-21-18/h3-6,13-14H,7-12H2,1-2H3,(H,21,22,25). The van der Waals surface area contributed by atoms with Gasteiger partial charge in [-0.15, -0.1) is 0 Å². The number of fused-ring (bicyclic) bond motifs is 1. The molecule has 132 valence electrons. The first kappa shape index (κ1) is 17.4. The van der Waals surface area contributed by atoms with Crippen LogP contribution in [0.3, 0.4) is 0 Å². The van der Waals surface area contributed by atoms with Crippen LogP contribution in [0.15, 0.2) is 35.4 Å². The minimum absolute atomic E-state index is 0.0974. The van der Waals surface area contributed by atoms with E-state index in [1.54, 1.807) is 4.90 Å². The van der Waals surface area contributed by atoms with Gasteiger partial charge in [-0.25, -0.2) is 4.98 Å². The third-order valence-corrected chi connectivity index (χ3v) is 4.65. The number of H-pyrrole nitrogens is 1. The van der Waals surface area contributed by atoms with Gasteiger partial charge in [-0.2, -0.15) is 0 Å². The van der Waals surface area contributed by atoms with E-state index in [0.29, 0.717) is 37.4 Å². The molecular weight excluding hydrogens is 314 g/mol. The Hall–Kier alpha value is -2.43. The lowest BCUT2D eigenvalue weighted by Crippen LogP contribution is -2.39. The van der Waals surface area contributed by atoms with Crippen LogP contribution >= 0.6 is 0 Å². The van der Waals surface area contributed by atoms with Crippen LogP contribution in [0.5, 0.6) is 0 Å². The van der Waals surface area contributed by atoms with E-state index in [9.17, 15) is 9.59 Å². The normalized spacial score (nSPS) is 13.8. The topological polar surface area (TPSA) is 66.1 Å². The number of aromatic nitrogens is 2. The first-order chi connectivity index (χ1) is 12.0. The predicted molar refractivity (Wildman–Crippen MR) is 97.3 cm³/mol. The fourth-order valence-corrected chi connectivity index (χ4v) is 3.29. The van der Waals surface area contributed by atoms with Crippen molar-refractivity contribution in [3.05, 3.63) is 63.3 Å². The zero-order valence-corrected chi connectivity index (χ0v) is 14.9. The molecular formula is C20H25N3O2. The number of aromatic amines is 1. The molecule has 2 aromatic rings. The molecule has 0 saturated carbocycles. The fourth-order valence-electron chi connectivity index (χ4n) is 3.29. The van der Waals surface area contributed by atoms with Gasteiger partial charge in [-0.05, 0) is 29.9 Å². The molecule has 25 heavy (non-hydrogen) atoms. The van der Waals surface area contributed by atoms with Crippen molar-refractivity contribution in [2.75, 3.05) is 6.54 Å². The van der Waals surface area contributed by atoms with Crippen molar-refractivity contribution in [3.63, 3.8) is 0 Å². The number of carbonyl (C=O) groups is 1. The van der Waals surface area contributed by atoms with Gasteiger partial charge in [0.2, 0.25) is 5.91 Å². The number of nitrogens with zero attached hydrogens (tertiary/aromatic N) is 2. The van der Waals surface area contributed by atoms with Crippen LogP contribution in [0.4, 0.5) is 0 Å². The number of nitrogens with one attached hydrogen (secondary N) is 1. The lowest BCUT2D eigenvalue weighted by molar-refractivity contribution is -0.132. The molecule has 1 aromatic carbocycles. The summed E-state index contributed by atoms with van der Waals surface area (Å²) in [6.07, 6.45) is 4.36. The van der Waals surface area contributed by atoms with E-state index in [0.717, 1.165) is 18.5 Å². The van der Waals surface area contributed by atoms with Gasteiger partial charge in [0, 0.05) is 19.4 Å². The molecule has 1 N–H and O–H groups in total. The quantitative estimate of drug-likeness (QED) is 0.910. The Morgan fingerprint density at radius 1 is 1.24 bits per heavy atom. The van der Waals surface area contributed by atoms with Crippen LogP contribution in [0.2, 0.25) is 0 Å². The number of rotatable bonds is 5. The summed E-state index contributed by atoms with van der Waals surface area (Å²) >= 11 is 0. The van der Waals surface area contributed by atoms with Crippen molar-refractivity contribution in [1.82, 2.24) is 14.9 Å². The van der Waals surface area contributed by atoms with Gasteiger partial charge >= 0.3 is 0 Å². The molecule has 1 aromatic heterocycles. The van der Waals surface area contributed by atoms with Gasteiger partial charge in [-0.3, -0.25) is 9.59 Å². The molecule has 1 aliphatic rings. The largest absolute Gasteiger partial charge is 0.338 e. The molecule has 0 saturated heterocycles. The van der Waals surface area contributed by atoms with Crippen molar-refractivity contribution in [3.8, 4) is 0 Å². The van der Waals surface area contributed by atoms with Crippen molar-refractivity contribution >= 4 is 5.91 Å². The lowest BCUT2D eigenvalue weighted by atomic mass is 10.00. The number of amides is 1. The zero-order valence-electron chi connectivity index (χ0n) is 14.9. The van der Waals surface area contributed by atoms with Crippen LogP contribution in [0.1, 0.15) is 42.7 Å². The maximum absolute atomic E-state index is 12.5. The molecule has 0 aliphatic carbocycles. The van der Waals surface area contributed by atoms with E-state index in [1.807, 2.05) is 0 Å². The van der Waals surface area contributed by atoms with Crippen LogP contribution in [0, 0.1) is 5.92 Å². The molecule has 1 amide bonds. The summed E-state index contributed by atoms with van der Waals surface area (Å²) in [4.78, 5) is 32.9. The van der Waals surface area contributed by atoms with E-state index in [2.05, 4.69) is 48.1 Å². The highest BCUT2D eigenvalue weighted by molar-refractivity contribution is 5.76. The van der Waals surface area contributed by atoms with Crippen molar-refractivity contribution in [2.45, 2.75) is 46.1 Å². The van der Waals surface area contributed by atoms with Crippen molar-refractivity contribution < 1.29 is 4.79 Å². The van der Waals surface area contributed by atoms with E-state index < -0.39 is 0 Å². The van der Waals surface area contributed by atoms with Gasteiger partial charge in [0.25, 0.3) is 5.56 Å². The summed E-state index contributed by atoms with van der Waals surface area (Å²) < 4.78 is 0. The summed E-state index contributed by atoms with van der Waals surface area (Å²) in [6, 6.07) is 8.54. The number of hydrogen-bond acceptors (Lipinski definition) is 3. The SMILES string of the molecule is CC(C)Cc1ccc(CCC(=O)N2CCc3nc[nH]c(=O)c3C2)cc1. The second kappa shape index (κ2) is 7.64. The Bertz CT molecular complexity index is 793. The van der Waals surface area contributed by atoms with E-state index in [1.165, 1.54) is 17.5 Å². The fraction of sp³-hybridized carbons (Fsp3) is 0.450. The molecule has 0 bridgehead atoms. The zero-order chi connectivity index (χ0) is 17.8. The van der Waals surface area contributed by atoms with E-state index >= 15 is 0 Å². The number of aryl methyl sites for hydroxylation is 1. The van der Waals surface area contributed by atoms with E-state index in [4.69, 9.17) is 0 Å². The summed E-state index contributed by atoms with van der Waals surface area (Å²) in [5.74, 6) is 0.743. The third-order valence-electron chi connectivity index (χ3n) is 4.65. The predicted octanol–water partition coefficient (Wildman–Crippen LogP) is 2.49.